The molecule has 0 radical (unpaired) electrons. The van der Waals surface area contributed by atoms with E-state index in [-0.39, 0.29) is 11.7 Å². The van der Waals surface area contributed by atoms with Gasteiger partial charge in [-0.15, -0.1) is 0 Å². The van der Waals surface area contributed by atoms with Crippen LogP contribution in [0.5, 0.6) is 5.75 Å². The zero-order valence-corrected chi connectivity index (χ0v) is 13.3. The lowest BCUT2D eigenvalue weighted by Crippen LogP contribution is -2.47. The number of benzene rings is 1. The number of rotatable bonds is 4. The first kappa shape index (κ1) is 15.3. The largest absolute Gasteiger partial charge is 0.383 e. The van der Waals surface area contributed by atoms with Crippen molar-refractivity contribution in [2.75, 3.05) is 25.9 Å². The van der Waals surface area contributed by atoms with Gasteiger partial charge in [-0.1, -0.05) is 15.9 Å². The van der Waals surface area contributed by atoms with E-state index in [1.54, 1.807) is 23.1 Å². The minimum Gasteiger partial charge on any atom is -0.383 e. The fraction of sp³-hybridized carbons (Fsp3) is 0.417. The average Bonchev–Trinajstić information content (AvgIpc) is 2.34. The molecule has 1 aromatic carbocycles. The fourth-order valence-electron chi connectivity index (χ4n) is 1.92. The Labute approximate surface area is 126 Å². The lowest BCUT2D eigenvalue weighted by atomic mass is 10.2. The number of carbonyl (C=O) groups is 1. The van der Waals surface area contributed by atoms with Crippen LogP contribution < -0.4 is 9.50 Å². The first-order valence-electron chi connectivity index (χ1n) is 6.01. The molecule has 0 unspecified atom stereocenters. The van der Waals surface area contributed by atoms with Crippen LogP contribution in [0.2, 0.25) is 0 Å². The van der Waals surface area contributed by atoms with Crippen molar-refractivity contribution in [3.05, 3.63) is 28.2 Å². The van der Waals surface area contributed by atoms with Gasteiger partial charge in [0.05, 0.1) is 12.8 Å². The number of carbonyl (C=O) groups excluding carboxylic acids is 1. The summed E-state index contributed by atoms with van der Waals surface area (Å²) in [6, 6.07) is 4.90. The summed E-state index contributed by atoms with van der Waals surface area (Å²) in [5, 5.41) is 3.00. The highest BCUT2D eigenvalue weighted by molar-refractivity contribution is 9.10. The van der Waals surface area contributed by atoms with Crippen LogP contribution in [0.1, 0.15) is 5.56 Å². The normalized spacial score (nSPS) is 16.3. The molecular formula is C12H15BrN2O4S. The summed E-state index contributed by atoms with van der Waals surface area (Å²) in [5.74, 6) is 0.269. The molecule has 20 heavy (non-hydrogen) atoms. The van der Waals surface area contributed by atoms with Crippen molar-refractivity contribution in [1.82, 2.24) is 10.2 Å². The van der Waals surface area contributed by atoms with Gasteiger partial charge in [0.1, 0.15) is 5.75 Å². The molecule has 0 bridgehead atoms. The van der Waals surface area contributed by atoms with Crippen LogP contribution in [0, 0.1) is 0 Å². The summed E-state index contributed by atoms with van der Waals surface area (Å²) >= 11 is 3.40. The third kappa shape index (κ3) is 4.19. The summed E-state index contributed by atoms with van der Waals surface area (Å²) in [6.07, 6.45) is 0.995. The molecule has 0 aliphatic carbocycles. The molecule has 1 amide bonds. The lowest BCUT2D eigenvalue weighted by Gasteiger charge is -2.27. The van der Waals surface area contributed by atoms with Crippen LogP contribution in [0.25, 0.3) is 0 Å². The second kappa shape index (κ2) is 6.11. The highest BCUT2D eigenvalue weighted by Crippen LogP contribution is 2.25. The summed E-state index contributed by atoms with van der Waals surface area (Å²) in [5.41, 5.74) is 0.807. The third-order valence-electron chi connectivity index (χ3n) is 2.81. The average molecular weight is 363 g/mol. The molecule has 2 rings (SSSR count). The summed E-state index contributed by atoms with van der Waals surface area (Å²) < 4.78 is 27.9. The van der Waals surface area contributed by atoms with Crippen molar-refractivity contribution in [2.24, 2.45) is 0 Å². The van der Waals surface area contributed by atoms with Gasteiger partial charge in [-0.3, -0.25) is 4.79 Å². The van der Waals surface area contributed by atoms with Gasteiger partial charge in [0, 0.05) is 24.1 Å². The quantitative estimate of drug-likeness (QED) is 0.798. The van der Waals surface area contributed by atoms with Crippen LogP contribution in [-0.4, -0.2) is 45.1 Å². The van der Waals surface area contributed by atoms with Gasteiger partial charge in [-0.25, -0.2) is 0 Å². The van der Waals surface area contributed by atoms with E-state index in [9.17, 15) is 13.2 Å². The molecule has 1 fully saturated rings. The van der Waals surface area contributed by atoms with Gasteiger partial charge in [0.25, 0.3) is 0 Å². The molecular weight excluding hydrogens is 348 g/mol. The highest BCUT2D eigenvalue weighted by Gasteiger charge is 2.19. The summed E-state index contributed by atoms with van der Waals surface area (Å²) in [6.45, 7) is 2.13. The monoisotopic (exact) mass is 362 g/mol. The first-order chi connectivity index (χ1) is 9.35. The van der Waals surface area contributed by atoms with E-state index in [1.165, 1.54) is 0 Å². The van der Waals surface area contributed by atoms with Gasteiger partial charge in [0.15, 0.2) is 0 Å². The molecule has 1 aliphatic rings. The number of nitrogens with one attached hydrogen (secondary N) is 1. The lowest BCUT2D eigenvalue weighted by molar-refractivity contribution is -0.132. The first-order valence-corrected chi connectivity index (χ1v) is 8.62. The molecule has 6 nitrogen and oxygen atoms in total. The van der Waals surface area contributed by atoms with E-state index in [0.29, 0.717) is 19.6 Å². The maximum atomic E-state index is 11.7. The van der Waals surface area contributed by atoms with Crippen LogP contribution in [0.3, 0.4) is 0 Å². The van der Waals surface area contributed by atoms with Crippen LogP contribution in [-0.2, 0) is 21.5 Å². The number of amides is 1. The van der Waals surface area contributed by atoms with Crippen LogP contribution in [0.15, 0.2) is 22.7 Å². The minimum atomic E-state index is -3.56. The molecule has 0 atom stereocenters. The second-order valence-electron chi connectivity index (χ2n) is 4.53. The van der Waals surface area contributed by atoms with Gasteiger partial charge in [0.2, 0.25) is 5.91 Å². The maximum Gasteiger partial charge on any atom is 0.306 e. The molecule has 1 N–H and O–H groups in total. The Morgan fingerprint density at radius 3 is 2.85 bits per heavy atom. The van der Waals surface area contributed by atoms with Crippen LogP contribution in [0.4, 0.5) is 0 Å². The smallest absolute Gasteiger partial charge is 0.306 e. The van der Waals surface area contributed by atoms with Crippen molar-refractivity contribution in [2.45, 2.75) is 6.54 Å². The molecule has 1 aliphatic heterocycles. The van der Waals surface area contributed by atoms with Crippen molar-refractivity contribution >= 4 is 32.0 Å². The molecule has 0 spiro atoms. The zero-order chi connectivity index (χ0) is 14.8. The Hall–Kier alpha value is -1.12. The number of halogens is 1. The third-order valence-corrected chi connectivity index (χ3v) is 4.08. The molecule has 8 heteroatoms. The van der Waals surface area contributed by atoms with Gasteiger partial charge < -0.3 is 14.4 Å². The summed E-state index contributed by atoms with van der Waals surface area (Å²) in [4.78, 5) is 13.5. The standard InChI is InChI=1S/C12H15BrN2O4S/c1-20(17,18)19-10-2-3-11(13)9(6-10)8-15-5-4-14-7-12(15)16/h2-3,6,14H,4-5,7-8H2,1H3. The predicted octanol–water partition coefficient (Wildman–Crippen LogP) is 0.719. The van der Waals surface area contributed by atoms with Crippen LogP contribution >= 0.6 is 15.9 Å². The maximum absolute atomic E-state index is 11.7. The molecule has 1 heterocycles. The highest BCUT2D eigenvalue weighted by atomic mass is 79.9. The van der Waals surface area contributed by atoms with Gasteiger partial charge in [-0.2, -0.15) is 8.42 Å². The van der Waals surface area contributed by atoms with E-state index in [0.717, 1.165) is 22.8 Å². The Kier molecular flexibility index (Phi) is 4.66. The number of nitrogens with zero attached hydrogens (tertiary/aromatic N) is 1. The second-order valence-corrected chi connectivity index (χ2v) is 6.96. The molecule has 110 valence electrons. The van der Waals surface area contributed by atoms with E-state index in [4.69, 9.17) is 4.18 Å². The Balaban J connectivity index is 2.18. The fourth-order valence-corrected chi connectivity index (χ4v) is 2.74. The SMILES string of the molecule is CS(=O)(=O)Oc1ccc(Br)c(CN2CCNCC2=O)c1. The van der Waals surface area contributed by atoms with Crippen molar-refractivity contribution in [1.29, 1.82) is 0 Å². The van der Waals surface area contributed by atoms with E-state index < -0.39 is 10.1 Å². The van der Waals surface area contributed by atoms with Crippen molar-refractivity contribution in [3.63, 3.8) is 0 Å². The van der Waals surface area contributed by atoms with Crippen molar-refractivity contribution in [3.8, 4) is 5.75 Å². The zero-order valence-electron chi connectivity index (χ0n) is 10.9. The topological polar surface area (TPSA) is 75.7 Å². The number of hydrogen-bond acceptors (Lipinski definition) is 5. The Bertz CT molecular complexity index is 618. The van der Waals surface area contributed by atoms with Gasteiger partial charge >= 0.3 is 10.1 Å². The minimum absolute atomic E-state index is 0.0255. The summed E-state index contributed by atoms with van der Waals surface area (Å²) in [7, 11) is -3.56. The van der Waals surface area contributed by atoms with Gasteiger partial charge in [-0.05, 0) is 23.8 Å². The molecule has 0 aromatic heterocycles. The van der Waals surface area contributed by atoms with E-state index in [2.05, 4.69) is 21.2 Å². The number of piperazine rings is 1. The predicted molar refractivity (Wildman–Crippen MR) is 77.9 cm³/mol. The Morgan fingerprint density at radius 1 is 1.45 bits per heavy atom. The molecule has 0 saturated carbocycles. The van der Waals surface area contributed by atoms with E-state index >= 15 is 0 Å². The number of hydrogen-bond donors (Lipinski definition) is 1. The molecule has 1 saturated heterocycles. The van der Waals surface area contributed by atoms with E-state index in [1.807, 2.05) is 0 Å². The Morgan fingerprint density at radius 2 is 2.20 bits per heavy atom. The molecule has 1 aromatic rings. The van der Waals surface area contributed by atoms with Crippen molar-refractivity contribution < 1.29 is 17.4 Å².